The standard InChI is InChI=1S/C13H11N3O3/c14-7-9-3-1-2-4-11(9)18-8-10-5-6-12(19-10)13(17)16-15/h1-6H,8,15H2,(H,16,17). The number of nitrogen functional groups attached to an aromatic ring is 1. The average molecular weight is 257 g/mol. The third-order valence-electron chi connectivity index (χ3n) is 2.39. The van der Waals surface area contributed by atoms with Crippen molar-refractivity contribution in [1.82, 2.24) is 5.43 Å². The van der Waals surface area contributed by atoms with Crippen LogP contribution in [0.15, 0.2) is 40.8 Å². The van der Waals surface area contributed by atoms with Gasteiger partial charge in [0.05, 0.1) is 5.56 Å². The summed E-state index contributed by atoms with van der Waals surface area (Å²) in [7, 11) is 0. The van der Waals surface area contributed by atoms with Gasteiger partial charge in [0.25, 0.3) is 0 Å². The monoisotopic (exact) mass is 257 g/mol. The summed E-state index contributed by atoms with van der Waals surface area (Å²) in [6.07, 6.45) is 0. The van der Waals surface area contributed by atoms with Crippen molar-refractivity contribution in [2.24, 2.45) is 5.84 Å². The Balaban J connectivity index is 2.05. The maximum absolute atomic E-state index is 11.2. The van der Waals surface area contributed by atoms with Crippen molar-refractivity contribution in [3.05, 3.63) is 53.5 Å². The average Bonchev–Trinajstić information content (AvgIpc) is 2.93. The molecule has 19 heavy (non-hydrogen) atoms. The quantitative estimate of drug-likeness (QED) is 0.489. The highest BCUT2D eigenvalue weighted by Crippen LogP contribution is 2.18. The lowest BCUT2D eigenvalue weighted by molar-refractivity contribution is 0.0922. The molecule has 6 heteroatoms. The SMILES string of the molecule is N#Cc1ccccc1OCc1ccc(C(=O)NN)o1. The molecule has 0 aliphatic carbocycles. The summed E-state index contributed by atoms with van der Waals surface area (Å²) in [5.41, 5.74) is 2.41. The van der Waals surface area contributed by atoms with Crippen LogP contribution in [0, 0.1) is 11.3 Å². The van der Waals surface area contributed by atoms with Gasteiger partial charge in [-0.05, 0) is 24.3 Å². The molecule has 6 nitrogen and oxygen atoms in total. The first kappa shape index (κ1) is 12.7. The molecule has 0 aliphatic rings. The van der Waals surface area contributed by atoms with E-state index in [0.29, 0.717) is 17.1 Å². The first-order valence-electron chi connectivity index (χ1n) is 5.46. The highest BCUT2D eigenvalue weighted by atomic mass is 16.5. The lowest BCUT2D eigenvalue weighted by Crippen LogP contribution is -2.29. The number of hydrogen-bond acceptors (Lipinski definition) is 5. The van der Waals surface area contributed by atoms with E-state index in [1.54, 1.807) is 30.3 Å². The predicted molar refractivity (Wildman–Crippen MR) is 65.9 cm³/mol. The zero-order valence-corrected chi connectivity index (χ0v) is 9.92. The van der Waals surface area contributed by atoms with Crippen LogP contribution in [-0.4, -0.2) is 5.91 Å². The second-order valence-electron chi connectivity index (χ2n) is 3.64. The molecule has 96 valence electrons. The Hall–Kier alpha value is -2.78. The van der Waals surface area contributed by atoms with Gasteiger partial charge in [0.15, 0.2) is 5.76 Å². The fraction of sp³-hybridized carbons (Fsp3) is 0.0769. The summed E-state index contributed by atoms with van der Waals surface area (Å²) in [5, 5.41) is 8.90. The fourth-order valence-corrected chi connectivity index (χ4v) is 1.48. The largest absolute Gasteiger partial charge is 0.484 e. The van der Waals surface area contributed by atoms with Gasteiger partial charge in [0.1, 0.15) is 24.2 Å². The molecule has 0 radical (unpaired) electrons. The third kappa shape index (κ3) is 2.91. The smallest absolute Gasteiger partial charge is 0.300 e. The van der Waals surface area contributed by atoms with Gasteiger partial charge in [-0.15, -0.1) is 0 Å². The molecule has 0 spiro atoms. The molecule has 1 heterocycles. The van der Waals surface area contributed by atoms with E-state index in [2.05, 4.69) is 0 Å². The Kier molecular flexibility index (Phi) is 3.81. The minimum absolute atomic E-state index is 0.106. The molecule has 0 fully saturated rings. The molecule has 3 N–H and O–H groups in total. The summed E-state index contributed by atoms with van der Waals surface area (Å²) < 4.78 is 10.7. The zero-order chi connectivity index (χ0) is 13.7. The van der Waals surface area contributed by atoms with E-state index in [-0.39, 0.29) is 12.4 Å². The molecule has 1 amide bonds. The summed E-state index contributed by atoms with van der Waals surface area (Å²) in [4.78, 5) is 11.2. The maximum atomic E-state index is 11.2. The van der Waals surface area contributed by atoms with E-state index in [1.807, 2.05) is 11.5 Å². The van der Waals surface area contributed by atoms with Crippen LogP contribution in [0.5, 0.6) is 5.75 Å². The van der Waals surface area contributed by atoms with Crippen molar-refractivity contribution >= 4 is 5.91 Å². The number of benzene rings is 1. The van der Waals surface area contributed by atoms with Gasteiger partial charge in [0, 0.05) is 0 Å². The number of nitrogens with one attached hydrogen (secondary N) is 1. The molecular formula is C13H11N3O3. The summed E-state index contributed by atoms with van der Waals surface area (Å²) in [6.45, 7) is 0.122. The van der Waals surface area contributed by atoms with Gasteiger partial charge < -0.3 is 9.15 Å². The van der Waals surface area contributed by atoms with Crippen LogP contribution in [0.3, 0.4) is 0 Å². The van der Waals surface area contributed by atoms with E-state index >= 15 is 0 Å². The highest BCUT2D eigenvalue weighted by Gasteiger charge is 2.10. The van der Waals surface area contributed by atoms with Crippen LogP contribution in [0.2, 0.25) is 0 Å². The molecular weight excluding hydrogens is 246 g/mol. The number of nitrogens with two attached hydrogens (primary N) is 1. The third-order valence-corrected chi connectivity index (χ3v) is 2.39. The molecule has 0 atom stereocenters. The van der Waals surface area contributed by atoms with Crippen molar-refractivity contribution in [3.63, 3.8) is 0 Å². The van der Waals surface area contributed by atoms with Crippen LogP contribution >= 0.6 is 0 Å². The number of carbonyl (C=O) groups excluding carboxylic acids is 1. The molecule has 0 saturated heterocycles. The number of para-hydroxylation sites is 1. The van der Waals surface area contributed by atoms with Crippen molar-refractivity contribution in [1.29, 1.82) is 5.26 Å². The Morgan fingerprint density at radius 3 is 2.89 bits per heavy atom. The number of hydrogen-bond donors (Lipinski definition) is 2. The van der Waals surface area contributed by atoms with E-state index in [1.165, 1.54) is 6.07 Å². The highest BCUT2D eigenvalue weighted by molar-refractivity contribution is 5.90. The van der Waals surface area contributed by atoms with Gasteiger partial charge >= 0.3 is 5.91 Å². The first-order valence-corrected chi connectivity index (χ1v) is 5.46. The Labute approximate surface area is 109 Å². The van der Waals surface area contributed by atoms with Gasteiger partial charge in [0.2, 0.25) is 0 Å². The number of furan rings is 1. The van der Waals surface area contributed by atoms with Crippen molar-refractivity contribution in [3.8, 4) is 11.8 Å². The minimum Gasteiger partial charge on any atom is -0.484 e. The Bertz CT molecular complexity index is 628. The first-order chi connectivity index (χ1) is 9.24. The van der Waals surface area contributed by atoms with Crippen LogP contribution in [-0.2, 0) is 6.61 Å². The van der Waals surface area contributed by atoms with E-state index in [0.717, 1.165) is 0 Å². The number of ether oxygens (including phenoxy) is 1. The van der Waals surface area contributed by atoms with Crippen molar-refractivity contribution in [2.75, 3.05) is 0 Å². The number of carbonyl (C=O) groups is 1. The molecule has 0 aliphatic heterocycles. The zero-order valence-electron chi connectivity index (χ0n) is 9.92. The van der Waals surface area contributed by atoms with Crippen molar-refractivity contribution in [2.45, 2.75) is 6.61 Å². The molecule has 1 aromatic heterocycles. The van der Waals surface area contributed by atoms with E-state index in [9.17, 15) is 4.79 Å². The summed E-state index contributed by atoms with van der Waals surface area (Å²) in [6, 6.07) is 12.0. The summed E-state index contributed by atoms with van der Waals surface area (Å²) in [5.74, 6) is 5.51. The molecule has 2 aromatic rings. The molecule has 0 unspecified atom stereocenters. The predicted octanol–water partition coefficient (Wildman–Crippen LogP) is 1.33. The second kappa shape index (κ2) is 5.71. The lowest BCUT2D eigenvalue weighted by atomic mass is 10.2. The fourth-order valence-electron chi connectivity index (χ4n) is 1.48. The van der Waals surface area contributed by atoms with Gasteiger partial charge in [-0.2, -0.15) is 5.26 Å². The van der Waals surface area contributed by atoms with Gasteiger partial charge in [-0.3, -0.25) is 10.2 Å². The summed E-state index contributed by atoms with van der Waals surface area (Å²) >= 11 is 0. The van der Waals surface area contributed by atoms with Crippen LogP contribution in [0.4, 0.5) is 0 Å². The Morgan fingerprint density at radius 2 is 2.16 bits per heavy atom. The minimum atomic E-state index is -0.510. The second-order valence-corrected chi connectivity index (χ2v) is 3.64. The molecule has 0 bridgehead atoms. The number of hydrazine groups is 1. The Morgan fingerprint density at radius 1 is 1.37 bits per heavy atom. The van der Waals surface area contributed by atoms with Crippen LogP contribution in [0.1, 0.15) is 21.9 Å². The number of nitrogens with zero attached hydrogens (tertiary/aromatic N) is 1. The van der Waals surface area contributed by atoms with Gasteiger partial charge in [-0.1, -0.05) is 12.1 Å². The van der Waals surface area contributed by atoms with E-state index < -0.39 is 5.91 Å². The lowest BCUT2D eigenvalue weighted by Gasteiger charge is -2.05. The number of amides is 1. The van der Waals surface area contributed by atoms with Crippen molar-refractivity contribution < 1.29 is 13.9 Å². The maximum Gasteiger partial charge on any atom is 0.300 e. The number of nitriles is 1. The molecule has 1 aromatic carbocycles. The van der Waals surface area contributed by atoms with E-state index in [4.69, 9.17) is 20.3 Å². The topological polar surface area (TPSA) is 101 Å². The van der Waals surface area contributed by atoms with Crippen LogP contribution < -0.4 is 16.0 Å². The van der Waals surface area contributed by atoms with Gasteiger partial charge in [-0.25, -0.2) is 5.84 Å². The number of rotatable bonds is 4. The molecule has 2 rings (SSSR count). The van der Waals surface area contributed by atoms with Crippen LogP contribution in [0.25, 0.3) is 0 Å². The molecule has 0 saturated carbocycles. The normalized spacial score (nSPS) is 9.68.